The SMILES string of the molecule is COc1ccccc1[Se][SeH]. The Morgan fingerprint density at radius 1 is 1.40 bits per heavy atom. The summed E-state index contributed by atoms with van der Waals surface area (Å²) >= 11 is 3.07. The second-order valence-electron chi connectivity index (χ2n) is 1.74. The number of benzene rings is 1. The Bertz CT molecular complexity index is 190. The van der Waals surface area contributed by atoms with Gasteiger partial charge in [0.05, 0.1) is 0 Å². The second kappa shape index (κ2) is 4.05. The molecule has 0 aliphatic carbocycles. The van der Waals surface area contributed by atoms with E-state index in [2.05, 4.69) is 20.3 Å². The molecule has 1 aromatic rings. The number of methoxy groups -OCH3 is 1. The van der Waals surface area contributed by atoms with E-state index in [0.29, 0.717) is 13.1 Å². The van der Waals surface area contributed by atoms with Crippen LogP contribution in [0.15, 0.2) is 24.3 Å². The van der Waals surface area contributed by atoms with Crippen molar-refractivity contribution in [3.63, 3.8) is 0 Å². The minimum absolute atomic E-state index is 0.472. The quantitative estimate of drug-likeness (QED) is 0.676. The zero-order chi connectivity index (χ0) is 7.40. The zero-order valence-corrected chi connectivity index (χ0v) is 9.16. The summed E-state index contributed by atoms with van der Waals surface area (Å²) in [6, 6.07) is 8.11. The van der Waals surface area contributed by atoms with E-state index < -0.39 is 0 Å². The number of rotatable bonds is 2. The van der Waals surface area contributed by atoms with Gasteiger partial charge in [0.2, 0.25) is 0 Å². The van der Waals surface area contributed by atoms with Gasteiger partial charge < -0.3 is 0 Å². The molecule has 0 aromatic heterocycles. The van der Waals surface area contributed by atoms with Crippen LogP contribution in [0.3, 0.4) is 0 Å². The molecule has 54 valence electrons. The fraction of sp³-hybridized carbons (Fsp3) is 0.143. The van der Waals surface area contributed by atoms with Crippen LogP contribution in [-0.4, -0.2) is 34.4 Å². The zero-order valence-electron chi connectivity index (χ0n) is 5.57. The Morgan fingerprint density at radius 2 is 2.10 bits per heavy atom. The van der Waals surface area contributed by atoms with Crippen molar-refractivity contribution >= 4 is 31.8 Å². The normalized spacial score (nSPS) is 9.40. The summed E-state index contributed by atoms with van der Waals surface area (Å²) in [4.78, 5) is 0. The van der Waals surface area contributed by atoms with Gasteiger partial charge in [-0.15, -0.1) is 0 Å². The summed E-state index contributed by atoms with van der Waals surface area (Å²) < 4.78 is 6.45. The summed E-state index contributed by atoms with van der Waals surface area (Å²) in [5, 5.41) is 0. The van der Waals surface area contributed by atoms with Gasteiger partial charge in [0.15, 0.2) is 0 Å². The van der Waals surface area contributed by atoms with Gasteiger partial charge in [0, 0.05) is 0 Å². The summed E-state index contributed by atoms with van der Waals surface area (Å²) in [5.41, 5.74) is 0. The van der Waals surface area contributed by atoms with Crippen LogP contribution >= 0.6 is 0 Å². The predicted octanol–water partition coefficient (Wildman–Crippen LogP) is -0.160. The minimum atomic E-state index is 0.472. The van der Waals surface area contributed by atoms with Crippen LogP contribution in [0.1, 0.15) is 0 Å². The molecular formula is C7H8OSe2. The van der Waals surface area contributed by atoms with Gasteiger partial charge >= 0.3 is 73.6 Å². The molecular weight excluding hydrogens is 258 g/mol. The molecule has 0 aliphatic heterocycles. The van der Waals surface area contributed by atoms with Crippen molar-refractivity contribution in [2.75, 3.05) is 7.11 Å². The first-order valence-corrected chi connectivity index (χ1v) is 8.43. The molecule has 0 unspecified atom stereocenters. The summed E-state index contributed by atoms with van der Waals surface area (Å²) in [6.07, 6.45) is 0. The molecule has 0 atom stereocenters. The van der Waals surface area contributed by atoms with Crippen molar-refractivity contribution in [1.29, 1.82) is 0 Å². The van der Waals surface area contributed by atoms with Crippen LogP contribution < -0.4 is 9.20 Å². The van der Waals surface area contributed by atoms with E-state index in [1.54, 1.807) is 7.11 Å². The van der Waals surface area contributed by atoms with Crippen molar-refractivity contribution in [3.05, 3.63) is 24.3 Å². The van der Waals surface area contributed by atoms with Crippen molar-refractivity contribution < 1.29 is 4.74 Å². The Kier molecular flexibility index (Phi) is 3.30. The second-order valence-corrected chi connectivity index (χ2v) is 5.04. The fourth-order valence-corrected chi connectivity index (χ4v) is 3.14. The summed E-state index contributed by atoms with van der Waals surface area (Å²) in [7, 11) is 1.71. The first-order valence-electron chi connectivity index (χ1n) is 2.83. The first-order chi connectivity index (χ1) is 4.88. The molecule has 10 heavy (non-hydrogen) atoms. The van der Waals surface area contributed by atoms with Crippen molar-refractivity contribution in [1.82, 2.24) is 0 Å². The van der Waals surface area contributed by atoms with Gasteiger partial charge in [-0.05, 0) is 0 Å². The van der Waals surface area contributed by atoms with E-state index in [1.807, 2.05) is 18.2 Å². The van der Waals surface area contributed by atoms with Gasteiger partial charge in [0.1, 0.15) is 0 Å². The third-order valence-corrected chi connectivity index (χ3v) is 4.43. The Labute approximate surface area is 73.7 Å². The Morgan fingerprint density at radius 3 is 2.60 bits per heavy atom. The number of para-hydroxylation sites is 1. The molecule has 0 amide bonds. The van der Waals surface area contributed by atoms with Crippen molar-refractivity contribution in [2.24, 2.45) is 0 Å². The molecule has 0 saturated carbocycles. The molecule has 0 spiro atoms. The van der Waals surface area contributed by atoms with E-state index >= 15 is 0 Å². The monoisotopic (exact) mass is 268 g/mol. The van der Waals surface area contributed by atoms with Crippen LogP contribution in [0.25, 0.3) is 0 Å². The van der Waals surface area contributed by atoms with Gasteiger partial charge in [-0.1, -0.05) is 0 Å². The fourth-order valence-electron chi connectivity index (χ4n) is 0.694. The van der Waals surface area contributed by atoms with Gasteiger partial charge in [0.25, 0.3) is 0 Å². The Balaban J connectivity index is 2.96. The molecule has 0 radical (unpaired) electrons. The van der Waals surface area contributed by atoms with Crippen LogP contribution in [0.2, 0.25) is 0 Å². The van der Waals surface area contributed by atoms with Crippen LogP contribution in [-0.2, 0) is 0 Å². The number of hydrogen-bond acceptors (Lipinski definition) is 1. The van der Waals surface area contributed by atoms with Crippen LogP contribution in [0.4, 0.5) is 0 Å². The predicted molar refractivity (Wildman–Crippen MR) is 45.5 cm³/mol. The van der Waals surface area contributed by atoms with E-state index in [1.165, 1.54) is 4.46 Å². The number of hydrogen-bond donors (Lipinski definition) is 0. The van der Waals surface area contributed by atoms with Crippen molar-refractivity contribution in [2.45, 2.75) is 0 Å². The molecule has 0 heterocycles. The third-order valence-electron chi connectivity index (χ3n) is 1.17. The van der Waals surface area contributed by atoms with Gasteiger partial charge in [-0.2, -0.15) is 0 Å². The number of ether oxygens (including phenoxy) is 1. The maximum atomic E-state index is 5.14. The van der Waals surface area contributed by atoms with E-state index in [4.69, 9.17) is 4.74 Å². The molecule has 1 nitrogen and oxygen atoms in total. The molecule has 0 bridgehead atoms. The average molecular weight is 266 g/mol. The first kappa shape index (κ1) is 8.16. The van der Waals surface area contributed by atoms with Crippen molar-refractivity contribution in [3.8, 4) is 5.75 Å². The topological polar surface area (TPSA) is 9.23 Å². The van der Waals surface area contributed by atoms with Crippen LogP contribution in [0.5, 0.6) is 5.75 Å². The summed E-state index contributed by atoms with van der Waals surface area (Å²) in [6.45, 7) is 0. The molecule has 1 aromatic carbocycles. The average Bonchev–Trinajstić information content (AvgIpc) is 2.04. The molecule has 3 heteroatoms. The van der Waals surface area contributed by atoms with Gasteiger partial charge in [-0.25, -0.2) is 0 Å². The third kappa shape index (κ3) is 1.77. The van der Waals surface area contributed by atoms with Crippen LogP contribution in [0, 0.1) is 0 Å². The molecule has 0 fully saturated rings. The molecule has 1 rings (SSSR count). The van der Waals surface area contributed by atoms with E-state index in [9.17, 15) is 0 Å². The standard InChI is InChI=1S/C7H8OSe2/c1-8-6-4-2-3-5-7(6)10-9/h2-5,9H,1H3. The Hall–Kier alpha value is 0.0590. The molecule has 0 saturated heterocycles. The van der Waals surface area contributed by atoms with Gasteiger partial charge in [-0.3, -0.25) is 0 Å². The molecule has 0 N–H and O–H groups in total. The van der Waals surface area contributed by atoms with E-state index in [-0.39, 0.29) is 0 Å². The summed E-state index contributed by atoms with van der Waals surface area (Å²) in [5.74, 6) is 1.00. The molecule has 0 aliphatic rings. The van der Waals surface area contributed by atoms with E-state index in [0.717, 1.165) is 5.75 Å². The maximum absolute atomic E-state index is 5.14.